The highest BCUT2D eigenvalue weighted by Crippen LogP contribution is 2.27. The van der Waals surface area contributed by atoms with Crippen LogP contribution in [0.15, 0.2) is 53.5 Å². The number of hydrogen-bond acceptors (Lipinski definition) is 2. The molecule has 0 aromatic heterocycles. The summed E-state index contributed by atoms with van der Waals surface area (Å²) >= 11 is 0. The number of nitrogens with one attached hydrogen (secondary N) is 2. The predicted molar refractivity (Wildman–Crippen MR) is 114 cm³/mol. The van der Waals surface area contributed by atoms with Crippen LogP contribution in [0.1, 0.15) is 30.4 Å². The molecule has 140 valence electrons. The molecule has 1 saturated carbocycles. The fourth-order valence-electron chi connectivity index (χ4n) is 2.67. The molecule has 2 N–H and O–H groups in total. The molecule has 1 aliphatic rings. The van der Waals surface area contributed by atoms with Crippen LogP contribution in [0.2, 0.25) is 0 Å². The second-order valence-corrected chi connectivity index (χ2v) is 6.19. The largest absolute Gasteiger partial charge is 0.490 e. The van der Waals surface area contributed by atoms with Crippen LogP contribution < -0.4 is 15.4 Å². The van der Waals surface area contributed by atoms with Crippen molar-refractivity contribution in [2.24, 2.45) is 4.99 Å². The monoisotopic (exact) mass is 469 g/mol. The van der Waals surface area contributed by atoms with E-state index >= 15 is 0 Å². The highest BCUT2D eigenvalue weighted by atomic mass is 127. The van der Waals surface area contributed by atoms with Crippen molar-refractivity contribution in [3.8, 4) is 5.75 Å². The van der Waals surface area contributed by atoms with Crippen molar-refractivity contribution in [1.82, 2.24) is 10.6 Å². The van der Waals surface area contributed by atoms with Gasteiger partial charge in [0.05, 0.1) is 6.10 Å². The Morgan fingerprint density at radius 3 is 2.58 bits per heavy atom. The zero-order chi connectivity index (χ0) is 17.5. The SMILES string of the molecule is CN=C(NCc1cccc(F)c1)NCc1ccccc1OC1CCC1.I. The summed E-state index contributed by atoms with van der Waals surface area (Å²) in [6, 6.07) is 14.6. The van der Waals surface area contributed by atoms with E-state index in [0.717, 1.165) is 29.7 Å². The lowest BCUT2D eigenvalue weighted by atomic mass is 9.96. The van der Waals surface area contributed by atoms with Crippen LogP contribution in [0.4, 0.5) is 4.39 Å². The summed E-state index contributed by atoms with van der Waals surface area (Å²) in [4.78, 5) is 4.22. The van der Waals surface area contributed by atoms with Gasteiger partial charge in [0, 0.05) is 25.7 Å². The molecule has 0 unspecified atom stereocenters. The van der Waals surface area contributed by atoms with E-state index in [9.17, 15) is 4.39 Å². The van der Waals surface area contributed by atoms with E-state index in [1.54, 1.807) is 13.1 Å². The topological polar surface area (TPSA) is 45.7 Å². The standard InChI is InChI=1S/C20H24FN3O.HI/c1-22-20(23-13-15-6-4-8-17(21)12-15)24-14-16-7-2-3-11-19(16)25-18-9-5-10-18;/h2-4,6-8,11-12,18H,5,9-10,13-14H2,1H3,(H2,22,23,24);1H. The molecule has 0 atom stereocenters. The molecule has 2 aromatic carbocycles. The van der Waals surface area contributed by atoms with Gasteiger partial charge in [-0.3, -0.25) is 4.99 Å². The van der Waals surface area contributed by atoms with Crippen molar-refractivity contribution in [2.75, 3.05) is 7.05 Å². The van der Waals surface area contributed by atoms with Gasteiger partial charge in [0.2, 0.25) is 0 Å². The highest BCUT2D eigenvalue weighted by molar-refractivity contribution is 14.0. The Bertz CT molecular complexity index is 735. The summed E-state index contributed by atoms with van der Waals surface area (Å²) in [6.07, 6.45) is 3.88. The minimum atomic E-state index is -0.232. The van der Waals surface area contributed by atoms with Crippen LogP contribution in [-0.2, 0) is 13.1 Å². The molecule has 0 radical (unpaired) electrons. The van der Waals surface area contributed by atoms with Crippen LogP contribution in [0.5, 0.6) is 5.75 Å². The molecule has 0 amide bonds. The molecule has 2 aromatic rings. The number of ether oxygens (including phenoxy) is 1. The Morgan fingerprint density at radius 1 is 1.12 bits per heavy atom. The van der Waals surface area contributed by atoms with Crippen LogP contribution in [-0.4, -0.2) is 19.1 Å². The molecule has 3 rings (SSSR count). The lowest BCUT2D eigenvalue weighted by molar-refractivity contribution is 0.119. The molecule has 0 heterocycles. The normalized spacial score (nSPS) is 14.2. The number of halogens is 2. The highest BCUT2D eigenvalue weighted by Gasteiger charge is 2.20. The van der Waals surface area contributed by atoms with Gasteiger partial charge in [-0.25, -0.2) is 4.39 Å². The minimum Gasteiger partial charge on any atom is -0.490 e. The summed E-state index contributed by atoms with van der Waals surface area (Å²) in [7, 11) is 1.72. The Morgan fingerprint density at radius 2 is 1.88 bits per heavy atom. The second-order valence-electron chi connectivity index (χ2n) is 6.19. The molecular formula is C20H25FIN3O. The number of para-hydroxylation sites is 1. The first-order valence-corrected chi connectivity index (χ1v) is 8.68. The van der Waals surface area contributed by atoms with Crippen molar-refractivity contribution in [3.05, 3.63) is 65.5 Å². The summed E-state index contributed by atoms with van der Waals surface area (Å²) in [5.74, 6) is 1.37. The average Bonchev–Trinajstić information content (AvgIpc) is 2.59. The number of aliphatic imine (C=N–C) groups is 1. The maximum atomic E-state index is 13.2. The summed E-state index contributed by atoms with van der Waals surface area (Å²) in [5.41, 5.74) is 1.97. The van der Waals surface area contributed by atoms with Gasteiger partial charge in [-0.15, -0.1) is 24.0 Å². The Balaban J connectivity index is 0.00000243. The third-order valence-electron chi connectivity index (χ3n) is 4.34. The van der Waals surface area contributed by atoms with Gasteiger partial charge < -0.3 is 15.4 Å². The van der Waals surface area contributed by atoms with Gasteiger partial charge >= 0.3 is 0 Å². The third-order valence-corrected chi connectivity index (χ3v) is 4.34. The van der Waals surface area contributed by atoms with Crippen molar-refractivity contribution >= 4 is 29.9 Å². The van der Waals surface area contributed by atoms with Crippen molar-refractivity contribution in [1.29, 1.82) is 0 Å². The van der Waals surface area contributed by atoms with Gasteiger partial charge in [0.1, 0.15) is 11.6 Å². The van der Waals surface area contributed by atoms with E-state index in [4.69, 9.17) is 4.74 Å². The summed E-state index contributed by atoms with van der Waals surface area (Å²) < 4.78 is 19.3. The van der Waals surface area contributed by atoms with Crippen LogP contribution >= 0.6 is 24.0 Å². The predicted octanol–water partition coefficient (Wildman–Crippen LogP) is 4.24. The molecule has 1 aliphatic carbocycles. The Hall–Kier alpha value is -1.83. The maximum absolute atomic E-state index is 13.2. The molecule has 0 spiro atoms. The van der Waals surface area contributed by atoms with Crippen LogP contribution in [0.3, 0.4) is 0 Å². The average molecular weight is 469 g/mol. The van der Waals surface area contributed by atoms with Crippen molar-refractivity contribution in [3.63, 3.8) is 0 Å². The molecule has 0 bridgehead atoms. The van der Waals surface area contributed by atoms with Gasteiger partial charge in [-0.2, -0.15) is 0 Å². The zero-order valence-electron chi connectivity index (χ0n) is 14.9. The van der Waals surface area contributed by atoms with Crippen LogP contribution in [0.25, 0.3) is 0 Å². The number of benzene rings is 2. The van der Waals surface area contributed by atoms with E-state index in [0.29, 0.717) is 25.2 Å². The lowest BCUT2D eigenvalue weighted by Gasteiger charge is -2.27. The molecule has 0 saturated heterocycles. The molecular weight excluding hydrogens is 444 g/mol. The zero-order valence-corrected chi connectivity index (χ0v) is 17.2. The van der Waals surface area contributed by atoms with E-state index in [-0.39, 0.29) is 29.8 Å². The molecule has 6 heteroatoms. The first-order valence-electron chi connectivity index (χ1n) is 8.68. The smallest absolute Gasteiger partial charge is 0.191 e. The van der Waals surface area contributed by atoms with E-state index in [2.05, 4.69) is 21.7 Å². The Labute approximate surface area is 171 Å². The first-order chi connectivity index (χ1) is 12.2. The Kier molecular flexibility index (Phi) is 8.15. The molecule has 1 fully saturated rings. The van der Waals surface area contributed by atoms with E-state index in [1.165, 1.54) is 18.6 Å². The quantitative estimate of drug-likeness (QED) is 0.378. The lowest BCUT2D eigenvalue weighted by Crippen LogP contribution is -2.36. The van der Waals surface area contributed by atoms with Crippen molar-refractivity contribution < 1.29 is 9.13 Å². The van der Waals surface area contributed by atoms with Crippen molar-refractivity contribution in [2.45, 2.75) is 38.5 Å². The van der Waals surface area contributed by atoms with Crippen LogP contribution in [0, 0.1) is 5.82 Å². The number of guanidine groups is 1. The first kappa shape index (κ1) is 20.5. The van der Waals surface area contributed by atoms with E-state index in [1.807, 2.05) is 24.3 Å². The molecule has 0 aliphatic heterocycles. The van der Waals surface area contributed by atoms with Gasteiger partial charge in [0.15, 0.2) is 5.96 Å². The number of rotatable bonds is 6. The van der Waals surface area contributed by atoms with Gasteiger partial charge in [-0.1, -0.05) is 30.3 Å². The fraction of sp³-hybridized carbons (Fsp3) is 0.350. The van der Waals surface area contributed by atoms with Gasteiger partial charge in [-0.05, 0) is 43.0 Å². The second kappa shape index (κ2) is 10.4. The number of nitrogens with zero attached hydrogens (tertiary/aromatic N) is 1. The maximum Gasteiger partial charge on any atom is 0.191 e. The minimum absolute atomic E-state index is 0. The fourth-order valence-corrected chi connectivity index (χ4v) is 2.67. The summed E-state index contributed by atoms with van der Waals surface area (Å²) in [5, 5.41) is 6.48. The van der Waals surface area contributed by atoms with E-state index < -0.39 is 0 Å². The van der Waals surface area contributed by atoms with Gasteiger partial charge in [0.25, 0.3) is 0 Å². The third kappa shape index (κ3) is 5.86. The molecule has 26 heavy (non-hydrogen) atoms. The summed E-state index contributed by atoms with van der Waals surface area (Å²) in [6.45, 7) is 1.13. The number of hydrogen-bond donors (Lipinski definition) is 2. The molecule has 4 nitrogen and oxygen atoms in total.